The van der Waals surface area contributed by atoms with Crippen molar-refractivity contribution in [1.29, 1.82) is 0 Å². The van der Waals surface area contributed by atoms with Crippen LogP contribution >= 0.6 is 0 Å². The van der Waals surface area contributed by atoms with Crippen molar-refractivity contribution >= 4 is 11.8 Å². The minimum Gasteiger partial charge on any atom is -0.374 e. The van der Waals surface area contributed by atoms with Gasteiger partial charge in [-0.25, -0.2) is 0 Å². The number of amides is 2. The molecule has 2 rings (SSSR count). The molecular formula is C16H27N3O3. The number of carbonyl (C=O) groups excluding carboxylic acids is 2. The summed E-state index contributed by atoms with van der Waals surface area (Å²) in [6.07, 6.45) is 6.89. The Kier molecular flexibility index (Phi) is 6.39. The predicted octanol–water partition coefficient (Wildman–Crippen LogP) is 0.521. The van der Waals surface area contributed by atoms with E-state index in [1.807, 2.05) is 7.05 Å². The first kappa shape index (κ1) is 17.0. The third-order valence-electron chi connectivity index (χ3n) is 4.23. The van der Waals surface area contributed by atoms with E-state index in [1.165, 1.54) is 12.0 Å². The fourth-order valence-electron chi connectivity index (χ4n) is 3.04. The van der Waals surface area contributed by atoms with E-state index in [4.69, 9.17) is 10.5 Å². The van der Waals surface area contributed by atoms with Crippen molar-refractivity contribution in [3.63, 3.8) is 0 Å². The van der Waals surface area contributed by atoms with Crippen molar-refractivity contribution in [2.75, 3.05) is 39.8 Å². The molecule has 0 spiro atoms. The number of rotatable bonds is 6. The Labute approximate surface area is 132 Å². The zero-order chi connectivity index (χ0) is 15.9. The first-order chi connectivity index (χ1) is 10.5. The number of hydrogen-bond donors (Lipinski definition) is 1. The molecule has 0 aromatic carbocycles. The number of nitrogens with two attached hydrogens (primary N) is 1. The summed E-state index contributed by atoms with van der Waals surface area (Å²) in [5.41, 5.74) is 6.49. The summed E-state index contributed by atoms with van der Waals surface area (Å²) < 4.78 is 5.70. The highest BCUT2D eigenvalue weighted by Gasteiger charge is 2.25. The van der Waals surface area contributed by atoms with Gasteiger partial charge in [0.05, 0.1) is 19.3 Å². The molecule has 0 unspecified atom stereocenters. The largest absolute Gasteiger partial charge is 0.374 e. The second-order valence-electron chi connectivity index (χ2n) is 6.28. The minimum atomic E-state index is -0.477. The third kappa shape index (κ3) is 5.42. The maximum Gasteiger partial charge on any atom is 0.237 e. The summed E-state index contributed by atoms with van der Waals surface area (Å²) in [7, 11) is 2.03. The van der Waals surface area contributed by atoms with Crippen LogP contribution in [0.3, 0.4) is 0 Å². The minimum absolute atomic E-state index is 0.0243. The predicted molar refractivity (Wildman–Crippen MR) is 84.2 cm³/mol. The number of morpholine rings is 1. The topological polar surface area (TPSA) is 75.9 Å². The molecule has 0 saturated carbocycles. The van der Waals surface area contributed by atoms with Crippen LogP contribution in [-0.4, -0.2) is 67.6 Å². The molecule has 2 aliphatic rings. The van der Waals surface area contributed by atoms with Crippen LogP contribution in [0.15, 0.2) is 11.6 Å². The van der Waals surface area contributed by atoms with Gasteiger partial charge in [0.1, 0.15) is 0 Å². The average molecular weight is 309 g/mol. The molecule has 22 heavy (non-hydrogen) atoms. The lowest BCUT2D eigenvalue weighted by molar-refractivity contribution is -0.137. The number of allylic oxidation sites excluding steroid dienone is 1. The van der Waals surface area contributed by atoms with E-state index >= 15 is 0 Å². The molecule has 1 saturated heterocycles. The van der Waals surface area contributed by atoms with Gasteiger partial charge in [-0.2, -0.15) is 0 Å². The van der Waals surface area contributed by atoms with Crippen LogP contribution in [0.4, 0.5) is 0 Å². The van der Waals surface area contributed by atoms with E-state index in [0.717, 1.165) is 32.4 Å². The summed E-state index contributed by atoms with van der Waals surface area (Å²) in [5, 5.41) is 0. The Morgan fingerprint density at radius 2 is 2.27 bits per heavy atom. The van der Waals surface area contributed by atoms with E-state index in [2.05, 4.69) is 11.0 Å². The maximum absolute atomic E-state index is 12.5. The molecule has 0 aromatic heterocycles. The molecule has 0 aromatic rings. The molecule has 2 N–H and O–H groups in total. The monoisotopic (exact) mass is 309 g/mol. The van der Waals surface area contributed by atoms with E-state index in [1.54, 1.807) is 4.90 Å². The van der Waals surface area contributed by atoms with Gasteiger partial charge < -0.3 is 20.3 Å². The number of nitrogens with zero attached hydrogens (tertiary/aromatic N) is 2. The summed E-state index contributed by atoms with van der Waals surface area (Å²) in [6.45, 7) is 2.72. The van der Waals surface area contributed by atoms with Crippen LogP contribution in [0.5, 0.6) is 0 Å². The van der Waals surface area contributed by atoms with Crippen LogP contribution < -0.4 is 5.73 Å². The Morgan fingerprint density at radius 3 is 2.91 bits per heavy atom. The van der Waals surface area contributed by atoms with Gasteiger partial charge in [-0.3, -0.25) is 9.59 Å². The standard InChI is InChI=1S/C16H27N3O3/c1-18-7-8-22-14(10-18)11-19(12-15(17)20)16(21)9-13-5-3-2-4-6-13/h5,14H,2-4,6-12H2,1H3,(H2,17,20)/t14-/m0/s1. The molecule has 6 nitrogen and oxygen atoms in total. The first-order valence-corrected chi connectivity index (χ1v) is 8.08. The molecule has 1 atom stereocenters. The Morgan fingerprint density at radius 1 is 1.45 bits per heavy atom. The zero-order valence-electron chi connectivity index (χ0n) is 13.4. The van der Waals surface area contributed by atoms with Gasteiger partial charge in [-0.1, -0.05) is 11.6 Å². The van der Waals surface area contributed by atoms with Crippen molar-refractivity contribution in [1.82, 2.24) is 9.80 Å². The molecule has 0 bridgehead atoms. The van der Waals surface area contributed by atoms with Crippen molar-refractivity contribution in [3.8, 4) is 0 Å². The van der Waals surface area contributed by atoms with Crippen LogP contribution in [0, 0.1) is 0 Å². The lowest BCUT2D eigenvalue weighted by Crippen LogP contribution is -2.49. The molecule has 2 amide bonds. The maximum atomic E-state index is 12.5. The van der Waals surface area contributed by atoms with Crippen LogP contribution in [0.2, 0.25) is 0 Å². The highest BCUT2D eigenvalue weighted by molar-refractivity contribution is 5.85. The van der Waals surface area contributed by atoms with Crippen molar-refractivity contribution in [3.05, 3.63) is 11.6 Å². The van der Waals surface area contributed by atoms with Gasteiger partial charge in [0, 0.05) is 26.1 Å². The molecular weight excluding hydrogens is 282 g/mol. The molecule has 1 heterocycles. The number of likely N-dealkylation sites (N-methyl/N-ethyl adjacent to an activating group) is 1. The molecule has 124 valence electrons. The Bertz CT molecular complexity index is 436. The summed E-state index contributed by atoms with van der Waals surface area (Å²) in [5.74, 6) is -0.501. The normalized spacial score (nSPS) is 23.0. The van der Waals surface area contributed by atoms with Crippen molar-refractivity contribution < 1.29 is 14.3 Å². The molecule has 0 radical (unpaired) electrons. The number of primary amides is 1. The van der Waals surface area contributed by atoms with Gasteiger partial charge in [0.25, 0.3) is 0 Å². The summed E-state index contributed by atoms with van der Waals surface area (Å²) in [4.78, 5) is 27.5. The van der Waals surface area contributed by atoms with E-state index in [9.17, 15) is 9.59 Å². The van der Waals surface area contributed by atoms with E-state index in [-0.39, 0.29) is 18.6 Å². The molecule has 1 fully saturated rings. The Hall–Kier alpha value is -1.40. The second-order valence-corrected chi connectivity index (χ2v) is 6.28. The molecule has 6 heteroatoms. The average Bonchev–Trinajstić information content (AvgIpc) is 2.47. The highest BCUT2D eigenvalue weighted by atomic mass is 16.5. The summed E-state index contributed by atoms with van der Waals surface area (Å²) in [6, 6.07) is 0. The lowest BCUT2D eigenvalue weighted by atomic mass is 9.97. The van der Waals surface area contributed by atoms with E-state index in [0.29, 0.717) is 19.6 Å². The van der Waals surface area contributed by atoms with Gasteiger partial charge in [-0.15, -0.1) is 0 Å². The highest BCUT2D eigenvalue weighted by Crippen LogP contribution is 2.21. The molecule has 1 aliphatic heterocycles. The van der Waals surface area contributed by atoms with Gasteiger partial charge in [0.15, 0.2) is 0 Å². The van der Waals surface area contributed by atoms with Gasteiger partial charge in [-0.05, 0) is 32.7 Å². The summed E-state index contributed by atoms with van der Waals surface area (Å²) >= 11 is 0. The van der Waals surface area contributed by atoms with Crippen molar-refractivity contribution in [2.45, 2.75) is 38.2 Å². The van der Waals surface area contributed by atoms with Crippen LogP contribution in [0.25, 0.3) is 0 Å². The number of hydrogen-bond acceptors (Lipinski definition) is 4. The number of carbonyl (C=O) groups is 2. The SMILES string of the molecule is CN1CCO[C@H](CN(CC(N)=O)C(=O)CC2=CCCCC2)C1. The van der Waals surface area contributed by atoms with Crippen molar-refractivity contribution in [2.24, 2.45) is 5.73 Å². The smallest absolute Gasteiger partial charge is 0.237 e. The third-order valence-corrected chi connectivity index (χ3v) is 4.23. The fraction of sp³-hybridized carbons (Fsp3) is 0.750. The zero-order valence-corrected chi connectivity index (χ0v) is 13.4. The van der Waals surface area contributed by atoms with Crippen LogP contribution in [0.1, 0.15) is 32.1 Å². The Balaban J connectivity index is 1.93. The quantitative estimate of drug-likeness (QED) is 0.726. The molecule has 1 aliphatic carbocycles. The number of ether oxygens (including phenoxy) is 1. The lowest BCUT2D eigenvalue weighted by Gasteiger charge is -2.33. The van der Waals surface area contributed by atoms with Gasteiger partial charge >= 0.3 is 0 Å². The fourth-order valence-corrected chi connectivity index (χ4v) is 3.04. The van der Waals surface area contributed by atoms with E-state index < -0.39 is 5.91 Å². The second kappa shape index (κ2) is 8.29. The van der Waals surface area contributed by atoms with Crippen LogP contribution in [-0.2, 0) is 14.3 Å². The van der Waals surface area contributed by atoms with Gasteiger partial charge in [0.2, 0.25) is 11.8 Å². The first-order valence-electron chi connectivity index (χ1n) is 8.08.